The molecule has 0 spiro atoms. The Labute approximate surface area is 176 Å². The van der Waals surface area contributed by atoms with E-state index in [1.165, 1.54) is 33.4 Å². The van der Waals surface area contributed by atoms with Gasteiger partial charge in [-0.1, -0.05) is 121 Å². The predicted octanol–water partition coefficient (Wildman–Crippen LogP) is 8.11. The van der Waals surface area contributed by atoms with Crippen LogP contribution in [-0.2, 0) is 5.41 Å². The molecule has 138 valence electrons. The highest BCUT2D eigenvalue weighted by atomic mass is 79.9. The van der Waals surface area contributed by atoms with Crippen molar-refractivity contribution in [2.45, 2.75) is 19.3 Å². The van der Waals surface area contributed by atoms with Crippen LogP contribution in [-0.4, -0.2) is 0 Å². The van der Waals surface area contributed by atoms with Crippen molar-refractivity contribution in [3.05, 3.63) is 119 Å². The SMILES string of the molecule is CC(C)(c1ccc(Br)cc1)c1ccccc1-c1ccccc1-c1ccccc1. The molecule has 0 unspecified atom stereocenters. The molecule has 0 saturated heterocycles. The Balaban J connectivity index is 1.90. The third-order valence-corrected chi connectivity index (χ3v) is 6.00. The van der Waals surface area contributed by atoms with Crippen LogP contribution in [0.1, 0.15) is 25.0 Å². The summed E-state index contributed by atoms with van der Waals surface area (Å²) in [7, 11) is 0. The minimum absolute atomic E-state index is 0.110. The molecule has 0 aliphatic carbocycles. The van der Waals surface area contributed by atoms with Crippen LogP contribution < -0.4 is 0 Å². The molecule has 0 heterocycles. The van der Waals surface area contributed by atoms with Crippen molar-refractivity contribution in [2.24, 2.45) is 0 Å². The van der Waals surface area contributed by atoms with Gasteiger partial charge in [0.15, 0.2) is 0 Å². The van der Waals surface area contributed by atoms with Crippen LogP contribution in [0.15, 0.2) is 108 Å². The fourth-order valence-corrected chi connectivity index (χ4v) is 4.14. The summed E-state index contributed by atoms with van der Waals surface area (Å²) in [6.45, 7) is 4.61. The number of hydrogen-bond donors (Lipinski definition) is 0. The molecule has 0 atom stereocenters. The van der Waals surface area contributed by atoms with Gasteiger partial charge >= 0.3 is 0 Å². The molecule has 0 aromatic heterocycles. The Morgan fingerprint density at radius 1 is 0.536 bits per heavy atom. The van der Waals surface area contributed by atoms with Crippen molar-refractivity contribution in [1.82, 2.24) is 0 Å². The van der Waals surface area contributed by atoms with Crippen molar-refractivity contribution < 1.29 is 0 Å². The van der Waals surface area contributed by atoms with Crippen molar-refractivity contribution >= 4 is 15.9 Å². The second kappa shape index (κ2) is 7.77. The predicted molar refractivity (Wildman–Crippen MR) is 124 cm³/mol. The molecular weight excluding hydrogens is 404 g/mol. The molecule has 0 saturated carbocycles. The topological polar surface area (TPSA) is 0 Å². The molecule has 0 radical (unpaired) electrons. The minimum Gasteiger partial charge on any atom is -0.0622 e. The van der Waals surface area contributed by atoms with E-state index in [1.54, 1.807) is 0 Å². The summed E-state index contributed by atoms with van der Waals surface area (Å²) in [6, 6.07) is 36.8. The molecule has 4 aromatic carbocycles. The summed E-state index contributed by atoms with van der Waals surface area (Å²) in [5.74, 6) is 0. The first-order valence-electron chi connectivity index (χ1n) is 9.58. The molecule has 0 nitrogen and oxygen atoms in total. The smallest absolute Gasteiger partial charge is 0.0175 e. The maximum Gasteiger partial charge on any atom is 0.0175 e. The second-order valence-electron chi connectivity index (χ2n) is 7.59. The monoisotopic (exact) mass is 426 g/mol. The van der Waals surface area contributed by atoms with E-state index in [1.807, 2.05) is 0 Å². The summed E-state index contributed by atoms with van der Waals surface area (Å²) in [5.41, 5.74) is 7.60. The summed E-state index contributed by atoms with van der Waals surface area (Å²) in [4.78, 5) is 0. The van der Waals surface area contributed by atoms with E-state index < -0.39 is 0 Å². The van der Waals surface area contributed by atoms with Crippen LogP contribution >= 0.6 is 15.9 Å². The van der Waals surface area contributed by atoms with Crippen LogP contribution in [0.5, 0.6) is 0 Å². The van der Waals surface area contributed by atoms with E-state index in [2.05, 4.69) is 133 Å². The highest BCUT2D eigenvalue weighted by Crippen LogP contribution is 2.41. The Morgan fingerprint density at radius 2 is 1.07 bits per heavy atom. The zero-order valence-electron chi connectivity index (χ0n) is 16.2. The first-order valence-corrected chi connectivity index (χ1v) is 10.4. The third-order valence-electron chi connectivity index (χ3n) is 5.47. The maximum atomic E-state index is 3.56. The molecule has 28 heavy (non-hydrogen) atoms. The largest absolute Gasteiger partial charge is 0.0622 e. The van der Waals surface area contributed by atoms with E-state index in [-0.39, 0.29) is 5.41 Å². The average molecular weight is 427 g/mol. The summed E-state index contributed by atoms with van der Waals surface area (Å²) in [6.07, 6.45) is 0. The van der Waals surface area contributed by atoms with Gasteiger partial charge in [0.25, 0.3) is 0 Å². The van der Waals surface area contributed by atoms with Gasteiger partial charge in [0.05, 0.1) is 0 Å². The summed E-state index contributed by atoms with van der Waals surface area (Å²) < 4.78 is 1.11. The maximum absolute atomic E-state index is 3.56. The van der Waals surface area contributed by atoms with Gasteiger partial charge in [-0.25, -0.2) is 0 Å². The Hall–Kier alpha value is -2.64. The molecular formula is C27H23Br. The van der Waals surface area contributed by atoms with Crippen molar-refractivity contribution in [2.75, 3.05) is 0 Å². The fourth-order valence-electron chi connectivity index (χ4n) is 3.87. The van der Waals surface area contributed by atoms with E-state index >= 15 is 0 Å². The third kappa shape index (κ3) is 3.55. The number of halogens is 1. The van der Waals surface area contributed by atoms with Crippen LogP contribution in [0.4, 0.5) is 0 Å². The Bertz CT molecular complexity index is 1080. The van der Waals surface area contributed by atoms with Gasteiger partial charge in [-0.2, -0.15) is 0 Å². The number of hydrogen-bond acceptors (Lipinski definition) is 0. The fraction of sp³-hybridized carbons (Fsp3) is 0.111. The van der Waals surface area contributed by atoms with Crippen molar-refractivity contribution in [3.63, 3.8) is 0 Å². The molecule has 0 aliphatic rings. The Kier molecular flexibility index (Phi) is 5.19. The first kappa shape index (κ1) is 18.7. The van der Waals surface area contributed by atoms with Gasteiger partial charge in [0.2, 0.25) is 0 Å². The van der Waals surface area contributed by atoms with E-state index in [0.717, 1.165) is 4.47 Å². The molecule has 0 amide bonds. The zero-order chi connectivity index (χ0) is 19.6. The molecule has 1 heteroatoms. The lowest BCUT2D eigenvalue weighted by molar-refractivity contribution is 0.642. The number of rotatable bonds is 4. The lowest BCUT2D eigenvalue weighted by Gasteiger charge is -2.29. The molecule has 0 fully saturated rings. The Morgan fingerprint density at radius 3 is 1.75 bits per heavy atom. The molecule has 4 aromatic rings. The number of benzene rings is 4. The van der Waals surface area contributed by atoms with Gasteiger partial charge in [-0.05, 0) is 45.5 Å². The van der Waals surface area contributed by atoms with Crippen LogP contribution in [0, 0.1) is 0 Å². The van der Waals surface area contributed by atoms with Gasteiger partial charge < -0.3 is 0 Å². The molecule has 4 rings (SSSR count). The molecule has 0 aliphatic heterocycles. The molecule has 0 N–H and O–H groups in total. The van der Waals surface area contributed by atoms with Crippen LogP contribution in [0.3, 0.4) is 0 Å². The quantitative estimate of drug-likeness (QED) is 0.309. The standard InChI is InChI=1S/C27H23Br/c1-27(2,21-16-18-22(28)19-17-21)26-15-9-8-14-25(26)24-13-7-6-12-23(24)20-10-4-3-5-11-20/h3-19H,1-2H3. The van der Waals surface area contributed by atoms with Gasteiger partial charge in [0.1, 0.15) is 0 Å². The highest BCUT2D eigenvalue weighted by Gasteiger charge is 2.26. The van der Waals surface area contributed by atoms with Gasteiger partial charge in [0, 0.05) is 9.89 Å². The highest BCUT2D eigenvalue weighted by molar-refractivity contribution is 9.10. The average Bonchev–Trinajstić information content (AvgIpc) is 2.75. The van der Waals surface area contributed by atoms with E-state index in [9.17, 15) is 0 Å². The van der Waals surface area contributed by atoms with Gasteiger partial charge in [-0.15, -0.1) is 0 Å². The van der Waals surface area contributed by atoms with Crippen molar-refractivity contribution in [3.8, 4) is 22.3 Å². The van der Waals surface area contributed by atoms with E-state index in [0.29, 0.717) is 0 Å². The van der Waals surface area contributed by atoms with E-state index in [4.69, 9.17) is 0 Å². The lowest BCUT2D eigenvalue weighted by Crippen LogP contribution is -2.20. The van der Waals surface area contributed by atoms with Crippen molar-refractivity contribution in [1.29, 1.82) is 0 Å². The van der Waals surface area contributed by atoms with Gasteiger partial charge in [-0.3, -0.25) is 0 Å². The summed E-state index contributed by atoms with van der Waals surface area (Å²) in [5, 5.41) is 0. The zero-order valence-corrected chi connectivity index (χ0v) is 17.8. The normalized spacial score (nSPS) is 11.4. The first-order chi connectivity index (χ1) is 13.6. The lowest BCUT2D eigenvalue weighted by atomic mass is 9.74. The minimum atomic E-state index is -0.110. The second-order valence-corrected chi connectivity index (χ2v) is 8.50. The van der Waals surface area contributed by atoms with Crippen LogP contribution in [0.25, 0.3) is 22.3 Å². The summed E-state index contributed by atoms with van der Waals surface area (Å²) >= 11 is 3.56. The molecule has 0 bridgehead atoms. The van der Waals surface area contributed by atoms with Crippen LogP contribution in [0.2, 0.25) is 0 Å².